The normalized spacial score (nSPS) is 18.7. The van der Waals surface area contributed by atoms with Gasteiger partial charge in [0.25, 0.3) is 5.91 Å². The molecule has 0 radical (unpaired) electrons. The summed E-state index contributed by atoms with van der Waals surface area (Å²) in [7, 11) is 0. The number of hydrogen-bond donors (Lipinski definition) is 1. The molecule has 4 aromatic rings. The topological polar surface area (TPSA) is 88.3 Å². The number of nitrogens with zero attached hydrogens (tertiary/aromatic N) is 3. The van der Waals surface area contributed by atoms with Gasteiger partial charge in [-0.2, -0.15) is 0 Å². The number of aryl methyl sites for hydroxylation is 2. The second kappa shape index (κ2) is 8.30. The van der Waals surface area contributed by atoms with E-state index < -0.39 is 0 Å². The number of thiazole rings is 1. The monoisotopic (exact) mass is 486 g/mol. The molecule has 2 aliphatic rings. The van der Waals surface area contributed by atoms with Crippen molar-refractivity contribution in [3.8, 4) is 11.3 Å². The van der Waals surface area contributed by atoms with Gasteiger partial charge in [0.05, 0.1) is 15.2 Å². The van der Waals surface area contributed by atoms with E-state index in [0.717, 1.165) is 45.7 Å². The van der Waals surface area contributed by atoms with Crippen molar-refractivity contribution in [2.45, 2.75) is 33.1 Å². The fraction of sp³-hybridized carbons (Fsp3) is 0.333. The second-order valence-corrected chi connectivity index (χ2v) is 10.9. The molecule has 0 bridgehead atoms. The lowest BCUT2D eigenvalue weighted by molar-refractivity contribution is -0.118. The summed E-state index contributed by atoms with van der Waals surface area (Å²) in [4.78, 5) is 32.8. The van der Waals surface area contributed by atoms with E-state index in [1.807, 2.05) is 60.4 Å². The first-order valence-electron chi connectivity index (χ1n) is 11.9. The molecule has 2 amide bonds. The van der Waals surface area contributed by atoms with Gasteiger partial charge >= 0.3 is 0 Å². The summed E-state index contributed by atoms with van der Waals surface area (Å²) in [6, 6.07) is 15.5. The average Bonchev–Trinajstić information content (AvgIpc) is 3.21. The lowest BCUT2D eigenvalue weighted by Gasteiger charge is -2.33. The standard InChI is InChI=1S/C27H26N4O3S/c1-16-23(24(30-34-16)18-6-4-3-5-7-18)26(33)31-12-10-27(11-13-31)15-20(27)25(32)29-19-8-9-22-21(14-19)28-17(2)35-22/h3-9,14,20H,10-13,15H2,1-2H3,(H,29,32)/t20-/m0/s1. The van der Waals surface area contributed by atoms with Crippen LogP contribution >= 0.6 is 11.3 Å². The zero-order valence-corrected chi connectivity index (χ0v) is 20.5. The molecule has 2 fully saturated rings. The largest absolute Gasteiger partial charge is 0.360 e. The van der Waals surface area contributed by atoms with Crippen molar-refractivity contribution in [2.24, 2.45) is 11.3 Å². The van der Waals surface area contributed by atoms with Crippen molar-refractivity contribution >= 4 is 39.1 Å². The van der Waals surface area contributed by atoms with Crippen LogP contribution < -0.4 is 5.32 Å². The second-order valence-electron chi connectivity index (χ2n) is 9.64. The third kappa shape index (κ3) is 3.91. The van der Waals surface area contributed by atoms with E-state index in [9.17, 15) is 9.59 Å². The summed E-state index contributed by atoms with van der Waals surface area (Å²) in [5.74, 6) is 0.540. The number of likely N-dealkylation sites (tertiary alicyclic amines) is 1. The Kier molecular flexibility index (Phi) is 5.21. The molecule has 2 aromatic heterocycles. The number of piperidine rings is 1. The van der Waals surface area contributed by atoms with E-state index in [4.69, 9.17) is 4.52 Å². The Hall–Kier alpha value is -3.52. The molecule has 7 nitrogen and oxygen atoms in total. The number of amides is 2. The van der Waals surface area contributed by atoms with Crippen LogP contribution in [-0.2, 0) is 4.79 Å². The Morgan fingerprint density at radius 2 is 1.89 bits per heavy atom. The number of rotatable bonds is 4. The molecule has 2 aromatic carbocycles. The van der Waals surface area contributed by atoms with Gasteiger partial charge in [0.2, 0.25) is 5.91 Å². The number of carbonyl (C=O) groups excluding carboxylic acids is 2. The van der Waals surface area contributed by atoms with Crippen molar-refractivity contribution < 1.29 is 14.1 Å². The number of aromatic nitrogens is 2. The van der Waals surface area contributed by atoms with Crippen LogP contribution in [0.3, 0.4) is 0 Å². The van der Waals surface area contributed by atoms with Crippen LogP contribution in [0.1, 0.15) is 40.4 Å². The van der Waals surface area contributed by atoms with Gasteiger partial charge in [0, 0.05) is 30.3 Å². The summed E-state index contributed by atoms with van der Waals surface area (Å²) in [5.41, 5.74) is 3.69. The third-order valence-electron chi connectivity index (χ3n) is 7.44. The van der Waals surface area contributed by atoms with Gasteiger partial charge in [-0.3, -0.25) is 9.59 Å². The molecular formula is C27H26N4O3S. The van der Waals surface area contributed by atoms with E-state index >= 15 is 0 Å². The van der Waals surface area contributed by atoms with E-state index in [0.29, 0.717) is 30.1 Å². The van der Waals surface area contributed by atoms with Gasteiger partial charge in [-0.05, 0) is 56.7 Å². The van der Waals surface area contributed by atoms with Crippen molar-refractivity contribution in [2.75, 3.05) is 18.4 Å². The highest BCUT2D eigenvalue weighted by Crippen LogP contribution is 2.59. The third-order valence-corrected chi connectivity index (χ3v) is 8.39. The average molecular weight is 487 g/mol. The van der Waals surface area contributed by atoms with Crippen LogP contribution in [-0.4, -0.2) is 39.9 Å². The molecule has 1 atom stereocenters. The molecule has 0 unspecified atom stereocenters. The van der Waals surface area contributed by atoms with Crippen LogP contribution in [0.2, 0.25) is 0 Å². The molecule has 1 spiro atoms. The summed E-state index contributed by atoms with van der Waals surface area (Å²) in [6.07, 6.45) is 2.53. The van der Waals surface area contributed by atoms with Gasteiger partial charge in [-0.1, -0.05) is 35.5 Å². The Morgan fingerprint density at radius 3 is 2.66 bits per heavy atom. The van der Waals surface area contributed by atoms with Crippen LogP contribution in [0.25, 0.3) is 21.5 Å². The highest BCUT2D eigenvalue weighted by Gasteiger charge is 2.58. The van der Waals surface area contributed by atoms with Gasteiger partial charge < -0.3 is 14.7 Å². The number of hydrogen-bond acceptors (Lipinski definition) is 6. The number of carbonyl (C=O) groups is 2. The molecule has 35 heavy (non-hydrogen) atoms. The van der Waals surface area contributed by atoms with E-state index in [-0.39, 0.29) is 23.1 Å². The number of benzene rings is 2. The Balaban J connectivity index is 1.11. The smallest absolute Gasteiger partial charge is 0.259 e. The molecule has 3 heterocycles. The molecule has 1 N–H and O–H groups in total. The van der Waals surface area contributed by atoms with Crippen molar-refractivity contribution in [3.05, 3.63) is 64.9 Å². The van der Waals surface area contributed by atoms with Crippen LogP contribution in [0.15, 0.2) is 53.1 Å². The highest BCUT2D eigenvalue weighted by molar-refractivity contribution is 7.18. The van der Waals surface area contributed by atoms with E-state index in [2.05, 4.69) is 15.5 Å². The minimum absolute atomic E-state index is 0.00582. The van der Waals surface area contributed by atoms with Crippen molar-refractivity contribution in [1.82, 2.24) is 15.0 Å². The minimum atomic E-state index is -0.0500. The lowest BCUT2D eigenvalue weighted by Crippen LogP contribution is -2.40. The summed E-state index contributed by atoms with van der Waals surface area (Å²) >= 11 is 1.65. The van der Waals surface area contributed by atoms with Gasteiger partial charge in [0.1, 0.15) is 17.0 Å². The Bertz CT molecular complexity index is 1430. The SMILES string of the molecule is Cc1nc2cc(NC(=O)[C@@H]3CC34CCN(C(=O)c3c(-c5ccccc5)noc3C)CC4)ccc2s1. The zero-order valence-electron chi connectivity index (χ0n) is 19.7. The fourth-order valence-corrected chi connectivity index (χ4v) is 6.16. The quantitative estimate of drug-likeness (QED) is 0.414. The van der Waals surface area contributed by atoms with E-state index in [1.165, 1.54) is 0 Å². The molecule has 1 aliphatic heterocycles. The van der Waals surface area contributed by atoms with Gasteiger partial charge in [0.15, 0.2) is 0 Å². The fourth-order valence-electron chi connectivity index (χ4n) is 5.35. The molecule has 1 aliphatic carbocycles. The first-order valence-corrected chi connectivity index (χ1v) is 12.7. The lowest BCUT2D eigenvalue weighted by atomic mass is 9.90. The van der Waals surface area contributed by atoms with Crippen molar-refractivity contribution in [3.63, 3.8) is 0 Å². The maximum absolute atomic E-state index is 13.4. The molecular weight excluding hydrogens is 460 g/mol. The van der Waals surface area contributed by atoms with Crippen LogP contribution in [0.5, 0.6) is 0 Å². The Morgan fingerprint density at radius 1 is 1.11 bits per heavy atom. The van der Waals surface area contributed by atoms with Crippen LogP contribution in [0.4, 0.5) is 5.69 Å². The van der Waals surface area contributed by atoms with Gasteiger partial charge in [-0.15, -0.1) is 11.3 Å². The molecule has 6 rings (SSSR count). The first kappa shape index (κ1) is 22.0. The number of nitrogens with one attached hydrogen (secondary N) is 1. The predicted molar refractivity (Wildman–Crippen MR) is 135 cm³/mol. The maximum atomic E-state index is 13.4. The predicted octanol–water partition coefficient (Wildman–Crippen LogP) is 5.45. The summed E-state index contributed by atoms with van der Waals surface area (Å²) in [5, 5.41) is 8.27. The number of fused-ring (bicyclic) bond motifs is 1. The molecule has 1 saturated heterocycles. The number of anilines is 1. The van der Waals surface area contributed by atoms with Crippen LogP contribution in [0, 0.1) is 25.2 Å². The Labute approximate surface area is 207 Å². The first-order chi connectivity index (χ1) is 16.9. The summed E-state index contributed by atoms with van der Waals surface area (Å²) < 4.78 is 6.52. The van der Waals surface area contributed by atoms with Crippen molar-refractivity contribution in [1.29, 1.82) is 0 Å². The van der Waals surface area contributed by atoms with E-state index in [1.54, 1.807) is 18.3 Å². The highest BCUT2D eigenvalue weighted by atomic mass is 32.1. The molecule has 178 valence electrons. The van der Waals surface area contributed by atoms with Gasteiger partial charge in [-0.25, -0.2) is 4.98 Å². The molecule has 1 saturated carbocycles. The maximum Gasteiger partial charge on any atom is 0.259 e. The zero-order chi connectivity index (χ0) is 24.2. The molecule has 8 heteroatoms. The summed E-state index contributed by atoms with van der Waals surface area (Å²) in [6.45, 7) is 5.03. The minimum Gasteiger partial charge on any atom is -0.360 e.